The van der Waals surface area contributed by atoms with E-state index in [1.165, 1.54) is 12.8 Å². The number of benzene rings is 1. The SMILES string of the molecule is Cc1cc(Br)cc(C(=O)NC2(CBr)CCCC2)c1. The van der Waals surface area contributed by atoms with Gasteiger partial charge in [0.1, 0.15) is 0 Å². The monoisotopic (exact) mass is 373 g/mol. The molecule has 1 N–H and O–H groups in total. The number of carbonyl (C=O) groups excluding carboxylic acids is 1. The summed E-state index contributed by atoms with van der Waals surface area (Å²) in [6, 6.07) is 5.81. The first-order chi connectivity index (χ1) is 8.54. The second kappa shape index (κ2) is 5.74. The van der Waals surface area contributed by atoms with E-state index in [0.29, 0.717) is 0 Å². The van der Waals surface area contributed by atoms with Crippen LogP contribution >= 0.6 is 31.9 Å². The maximum absolute atomic E-state index is 12.3. The highest BCUT2D eigenvalue weighted by Crippen LogP contribution is 2.31. The van der Waals surface area contributed by atoms with Crippen molar-refractivity contribution in [3.05, 3.63) is 33.8 Å². The van der Waals surface area contributed by atoms with E-state index in [1.807, 2.05) is 25.1 Å². The van der Waals surface area contributed by atoms with Crippen LogP contribution in [0.15, 0.2) is 22.7 Å². The number of aryl methyl sites for hydroxylation is 1. The molecule has 98 valence electrons. The first kappa shape index (κ1) is 14.1. The summed E-state index contributed by atoms with van der Waals surface area (Å²) >= 11 is 6.97. The van der Waals surface area contributed by atoms with Gasteiger partial charge in [-0.2, -0.15) is 0 Å². The number of hydrogen-bond donors (Lipinski definition) is 1. The molecular weight excluding hydrogens is 358 g/mol. The first-order valence-corrected chi connectivity index (χ1v) is 8.12. The molecule has 18 heavy (non-hydrogen) atoms. The van der Waals surface area contributed by atoms with Crippen molar-refractivity contribution in [1.29, 1.82) is 0 Å². The Hall–Kier alpha value is -0.350. The average molecular weight is 375 g/mol. The van der Waals surface area contributed by atoms with Gasteiger partial charge in [-0.15, -0.1) is 0 Å². The lowest BCUT2D eigenvalue weighted by molar-refractivity contribution is 0.0910. The molecule has 1 aliphatic carbocycles. The fraction of sp³-hybridized carbons (Fsp3) is 0.500. The van der Waals surface area contributed by atoms with Gasteiger partial charge in [-0.1, -0.05) is 44.7 Å². The summed E-state index contributed by atoms with van der Waals surface area (Å²) < 4.78 is 0.951. The van der Waals surface area contributed by atoms with Crippen LogP contribution in [0.1, 0.15) is 41.6 Å². The minimum Gasteiger partial charge on any atom is -0.346 e. The smallest absolute Gasteiger partial charge is 0.251 e. The van der Waals surface area contributed by atoms with Crippen molar-refractivity contribution in [1.82, 2.24) is 5.32 Å². The largest absolute Gasteiger partial charge is 0.346 e. The molecule has 0 radical (unpaired) electrons. The Morgan fingerprint density at radius 1 is 1.33 bits per heavy atom. The van der Waals surface area contributed by atoms with E-state index in [2.05, 4.69) is 37.2 Å². The van der Waals surface area contributed by atoms with Crippen LogP contribution in [0.2, 0.25) is 0 Å². The molecule has 0 saturated heterocycles. The number of halogens is 2. The predicted octanol–water partition coefficient (Wildman–Crippen LogP) is 4.20. The van der Waals surface area contributed by atoms with Gasteiger partial charge in [-0.25, -0.2) is 0 Å². The van der Waals surface area contributed by atoms with Gasteiger partial charge in [0.05, 0.1) is 5.54 Å². The van der Waals surface area contributed by atoms with Crippen LogP contribution < -0.4 is 5.32 Å². The summed E-state index contributed by atoms with van der Waals surface area (Å²) in [4.78, 5) is 12.3. The standard InChI is InChI=1S/C14H17Br2NO/c1-10-6-11(8-12(16)7-10)13(18)17-14(9-15)4-2-3-5-14/h6-8H,2-5,9H2,1H3,(H,17,18). The quantitative estimate of drug-likeness (QED) is 0.789. The molecule has 0 aromatic heterocycles. The lowest BCUT2D eigenvalue weighted by atomic mass is 9.99. The maximum Gasteiger partial charge on any atom is 0.251 e. The Bertz CT molecular complexity index is 433. The van der Waals surface area contributed by atoms with E-state index < -0.39 is 0 Å². The fourth-order valence-corrected chi connectivity index (χ4v) is 3.83. The normalized spacial score (nSPS) is 17.7. The van der Waals surface area contributed by atoms with Crippen molar-refractivity contribution in [2.45, 2.75) is 38.1 Å². The molecule has 0 unspecified atom stereocenters. The number of amides is 1. The topological polar surface area (TPSA) is 29.1 Å². The minimum absolute atomic E-state index is 0.0285. The highest BCUT2D eigenvalue weighted by molar-refractivity contribution is 9.10. The molecule has 1 aromatic rings. The summed E-state index contributed by atoms with van der Waals surface area (Å²) in [5.74, 6) is 0.0285. The van der Waals surface area contributed by atoms with Crippen molar-refractivity contribution in [2.75, 3.05) is 5.33 Å². The van der Waals surface area contributed by atoms with E-state index in [1.54, 1.807) is 0 Å². The van der Waals surface area contributed by atoms with Crippen molar-refractivity contribution < 1.29 is 4.79 Å². The van der Waals surface area contributed by atoms with Crippen LogP contribution in [-0.2, 0) is 0 Å². The zero-order chi connectivity index (χ0) is 13.2. The van der Waals surface area contributed by atoms with Gasteiger partial charge in [-0.05, 0) is 43.5 Å². The van der Waals surface area contributed by atoms with Crippen molar-refractivity contribution in [2.24, 2.45) is 0 Å². The highest BCUT2D eigenvalue weighted by atomic mass is 79.9. The van der Waals surface area contributed by atoms with Crippen molar-refractivity contribution in [3.8, 4) is 0 Å². The number of rotatable bonds is 3. The van der Waals surface area contributed by atoms with Gasteiger partial charge in [0.25, 0.3) is 5.91 Å². The summed E-state index contributed by atoms with van der Waals surface area (Å²) in [5.41, 5.74) is 1.77. The third kappa shape index (κ3) is 3.15. The van der Waals surface area contributed by atoms with Gasteiger partial charge < -0.3 is 5.32 Å². The van der Waals surface area contributed by atoms with Crippen LogP contribution in [0, 0.1) is 6.92 Å². The molecule has 2 rings (SSSR count). The molecule has 0 bridgehead atoms. The number of nitrogens with one attached hydrogen (secondary N) is 1. The Morgan fingerprint density at radius 2 is 2.00 bits per heavy atom. The molecule has 0 heterocycles. The number of carbonyl (C=O) groups is 1. The third-order valence-corrected chi connectivity index (χ3v) is 5.03. The average Bonchev–Trinajstić information content (AvgIpc) is 2.77. The molecule has 1 amide bonds. The van der Waals surface area contributed by atoms with Gasteiger partial charge in [-0.3, -0.25) is 4.79 Å². The van der Waals surface area contributed by atoms with E-state index in [9.17, 15) is 4.79 Å². The predicted molar refractivity (Wildman–Crippen MR) is 81.3 cm³/mol. The zero-order valence-electron chi connectivity index (χ0n) is 10.4. The molecule has 1 saturated carbocycles. The Kier molecular flexibility index (Phi) is 4.49. The Balaban J connectivity index is 2.16. The van der Waals surface area contributed by atoms with Crippen LogP contribution in [0.5, 0.6) is 0 Å². The van der Waals surface area contributed by atoms with Crippen LogP contribution in [0.4, 0.5) is 0 Å². The van der Waals surface area contributed by atoms with Gasteiger partial charge >= 0.3 is 0 Å². The Labute approximate surface area is 125 Å². The van der Waals surface area contributed by atoms with Gasteiger partial charge in [0.2, 0.25) is 0 Å². The number of hydrogen-bond acceptors (Lipinski definition) is 1. The zero-order valence-corrected chi connectivity index (χ0v) is 13.6. The third-order valence-electron chi connectivity index (χ3n) is 3.50. The van der Waals surface area contributed by atoms with Gasteiger partial charge in [0.15, 0.2) is 0 Å². The van der Waals surface area contributed by atoms with E-state index >= 15 is 0 Å². The molecule has 0 spiro atoms. The maximum atomic E-state index is 12.3. The summed E-state index contributed by atoms with van der Waals surface area (Å²) in [6.45, 7) is 2.00. The number of alkyl halides is 1. The minimum atomic E-state index is -0.0483. The molecule has 4 heteroatoms. The van der Waals surface area contributed by atoms with Gasteiger partial charge in [0, 0.05) is 15.4 Å². The van der Waals surface area contributed by atoms with E-state index in [-0.39, 0.29) is 11.4 Å². The molecule has 0 aliphatic heterocycles. The highest BCUT2D eigenvalue weighted by Gasteiger charge is 2.34. The molecule has 1 aliphatic rings. The Morgan fingerprint density at radius 3 is 2.56 bits per heavy atom. The van der Waals surface area contributed by atoms with Crippen LogP contribution in [0.25, 0.3) is 0 Å². The molecule has 0 atom stereocenters. The summed E-state index contributed by atoms with van der Waals surface area (Å²) in [5, 5.41) is 4.04. The molecule has 1 fully saturated rings. The summed E-state index contributed by atoms with van der Waals surface area (Å²) in [7, 11) is 0. The van der Waals surface area contributed by atoms with E-state index in [0.717, 1.165) is 33.8 Å². The van der Waals surface area contributed by atoms with Crippen molar-refractivity contribution in [3.63, 3.8) is 0 Å². The molecular formula is C14H17Br2NO. The second-order valence-corrected chi connectivity index (χ2v) is 6.57. The van der Waals surface area contributed by atoms with E-state index in [4.69, 9.17) is 0 Å². The lowest BCUT2D eigenvalue weighted by Gasteiger charge is -2.28. The molecule has 2 nitrogen and oxygen atoms in total. The molecule has 1 aromatic carbocycles. The van der Waals surface area contributed by atoms with Crippen LogP contribution in [0.3, 0.4) is 0 Å². The first-order valence-electron chi connectivity index (χ1n) is 6.20. The van der Waals surface area contributed by atoms with Crippen LogP contribution in [-0.4, -0.2) is 16.8 Å². The summed E-state index contributed by atoms with van der Waals surface area (Å²) in [6.07, 6.45) is 4.53. The van der Waals surface area contributed by atoms with Crippen molar-refractivity contribution >= 4 is 37.8 Å². The lowest BCUT2D eigenvalue weighted by Crippen LogP contribution is -2.47. The fourth-order valence-electron chi connectivity index (χ4n) is 2.52. The second-order valence-electron chi connectivity index (χ2n) is 5.09.